The first kappa shape index (κ1) is 11.9. The van der Waals surface area contributed by atoms with Gasteiger partial charge in [-0.05, 0) is 41.0 Å². The van der Waals surface area contributed by atoms with Crippen molar-refractivity contribution in [1.29, 1.82) is 0 Å². The third kappa shape index (κ3) is 1.89. The van der Waals surface area contributed by atoms with E-state index in [9.17, 15) is 0 Å². The van der Waals surface area contributed by atoms with Gasteiger partial charge in [0.25, 0.3) is 0 Å². The number of rotatable bonds is 2. The van der Waals surface area contributed by atoms with Crippen LogP contribution >= 0.6 is 15.9 Å². The van der Waals surface area contributed by atoms with E-state index in [0.29, 0.717) is 0 Å². The highest BCUT2D eigenvalue weighted by molar-refractivity contribution is 9.10. The smallest absolute Gasteiger partial charge is 0.0994 e. The number of hydrogen-bond donors (Lipinski definition) is 1. The first-order valence-corrected chi connectivity index (χ1v) is 6.98. The second-order valence-corrected chi connectivity index (χ2v) is 5.94. The molecule has 18 heavy (non-hydrogen) atoms. The van der Waals surface area contributed by atoms with Crippen LogP contribution in [0.2, 0.25) is 0 Å². The average molecular weight is 306 g/mol. The van der Waals surface area contributed by atoms with Crippen molar-refractivity contribution in [2.45, 2.75) is 18.8 Å². The first-order chi connectivity index (χ1) is 8.71. The lowest BCUT2D eigenvalue weighted by molar-refractivity contribution is 0.498. The van der Waals surface area contributed by atoms with E-state index in [1.807, 2.05) is 18.6 Å². The standard InChI is InChI=1S/C14H16BrN3/c1-14(6-7-16-9-14)13-8-17-10-18(13)12-5-3-2-4-11(12)15/h2-5,8,10,16H,6-7,9H2,1H3. The predicted octanol–water partition coefficient (Wildman–Crippen LogP) is 2.89. The number of imidazole rings is 1. The van der Waals surface area contributed by atoms with E-state index in [1.165, 1.54) is 5.69 Å². The van der Waals surface area contributed by atoms with Crippen LogP contribution in [-0.4, -0.2) is 22.6 Å². The summed E-state index contributed by atoms with van der Waals surface area (Å²) in [5.74, 6) is 0. The van der Waals surface area contributed by atoms with Gasteiger partial charge < -0.3 is 9.88 Å². The molecule has 1 aliphatic rings. The van der Waals surface area contributed by atoms with E-state index in [-0.39, 0.29) is 5.41 Å². The number of nitrogens with one attached hydrogen (secondary N) is 1. The molecule has 2 heterocycles. The van der Waals surface area contributed by atoms with Gasteiger partial charge in [-0.2, -0.15) is 0 Å². The van der Waals surface area contributed by atoms with Gasteiger partial charge in [0.2, 0.25) is 0 Å². The van der Waals surface area contributed by atoms with Gasteiger partial charge in [-0.1, -0.05) is 19.1 Å². The Labute approximate surface area is 115 Å². The zero-order chi connectivity index (χ0) is 12.6. The number of nitrogens with zero attached hydrogens (tertiary/aromatic N) is 2. The van der Waals surface area contributed by atoms with Crippen LogP contribution in [0.3, 0.4) is 0 Å². The zero-order valence-electron chi connectivity index (χ0n) is 10.4. The van der Waals surface area contributed by atoms with Crippen molar-refractivity contribution in [2.75, 3.05) is 13.1 Å². The third-order valence-electron chi connectivity index (χ3n) is 3.74. The molecule has 4 heteroatoms. The predicted molar refractivity (Wildman–Crippen MR) is 76.1 cm³/mol. The lowest BCUT2D eigenvalue weighted by Gasteiger charge is -2.24. The summed E-state index contributed by atoms with van der Waals surface area (Å²) in [4.78, 5) is 4.34. The second-order valence-electron chi connectivity index (χ2n) is 5.09. The molecule has 1 atom stereocenters. The van der Waals surface area contributed by atoms with E-state index < -0.39 is 0 Å². The minimum absolute atomic E-state index is 0.172. The Balaban J connectivity index is 2.10. The average Bonchev–Trinajstić information content (AvgIpc) is 2.99. The molecule has 0 spiro atoms. The molecule has 1 fully saturated rings. The van der Waals surface area contributed by atoms with Crippen LogP contribution in [0.1, 0.15) is 19.0 Å². The Bertz CT molecular complexity index is 556. The highest BCUT2D eigenvalue weighted by atomic mass is 79.9. The van der Waals surface area contributed by atoms with Crippen molar-refractivity contribution >= 4 is 15.9 Å². The highest BCUT2D eigenvalue weighted by Gasteiger charge is 2.33. The van der Waals surface area contributed by atoms with Crippen LogP contribution in [0.15, 0.2) is 41.3 Å². The molecule has 3 nitrogen and oxygen atoms in total. The molecule has 0 saturated carbocycles. The van der Waals surface area contributed by atoms with Crippen molar-refractivity contribution in [3.63, 3.8) is 0 Å². The number of hydrogen-bond acceptors (Lipinski definition) is 2. The fraction of sp³-hybridized carbons (Fsp3) is 0.357. The molecule has 0 aliphatic carbocycles. The summed E-state index contributed by atoms with van der Waals surface area (Å²) in [6.07, 6.45) is 5.05. The van der Waals surface area contributed by atoms with Crippen molar-refractivity contribution < 1.29 is 0 Å². The maximum absolute atomic E-state index is 4.34. The summed E-state index contributed by atoms with van der Waals surface area (Å²) in [5.41, 5.74) is 2.60. The summed E-state index contributed by atoms with van der Waals surface area (Å²) >= 11 is 3.61. The topological polar surface area (TPSA) is 29.9 Å². The summed E-state index contributed by atoms with van der Waals surface area (Å²) < 4.78 is 3.29. The van der Waals surface area contributed by atoms with Crippen LogP contribution in [0.5, 0.6) is 0 Å². The Morgan fingerprint density at radius 2 is 2.22 bits per heavy atom. The molecule has 1 unspecified atom stereocenters. The van der Waals surface area contributed by atoms with Crippen molar-refractivity contribution in [1.82, 2.24) is 14.9 Å². The maximum atomic E-state index is 4.34. The minimum Gasteiger partial charge on any atom is -0.316 e. The zero-order valence-corrected chi connectivity index (χ0v) is 11.9. The number of halogens is 1. The van der Waals surface area contributed by atoms with E-state index in [1.54, 1.807) is 0 Å². The van der Waals surface area contributed by atoms with Gasteiger partial charge in [0.05, 0.1) is 12.0 Å². The molecule has 2 aromatic rings. The maximum Gasteiger partial charge on any atom is 0.0994 e. The van der Waals surface area contributed by atoms with Crippen LogP contribution < -0.4 is 5.32 Å². The number of aromatic nitrogens is 2. The van der Waals surface area contributed by atoms with E-state index >= 15 is 0 Å². The SMILES string of the molecule is CC1(c2cncn2-c2ccccc2Br)CCNC1. The molecule has 0 radical (unpaired) electrons. The van der Waals surface area contributed by atoms with Gasteiger partial charge in [0.1, 0.15) is 0 Å². The second kappa shape index (κ2) is 4.52. The molecule has 0 amide bonds. The summed E-state index contributed by atoms with van der Waals surface area (Å²) in [7, 11) is 0. The molecule has 0 bridgehead atoms. The van der Waals surface area contributed by atoms with E-state index in [0.717, 1.165) is 29.7 Å². The lowest BCUT2D eigenvalue weighted by atomic mass is 9.86. The van der Waals surface area contributed by atoms with Crippen LogP contribution in [0, 0.1) is 0 Å². The Hall–Kier alpha value is -1.13. The van der Waals surface area contributed by atoms with Gasteiger partial charge in [-0.25, -0.2) is 4.98 Å². The lowest BCUT2D eigenvalue weighted by Crippen LogP contribution is -2.27. The molecule has 1 aliphatic heterocycles. The molecule has 3 rings (SSSR count). The summed E-state index contributed by atoms with van der Waals surface area (Å²) in [6.45, 7) is 4.40. The Morgan fingerprint density at radius 1 is 1.39 bits per heavy atom. The molecule has 1 aromatic carbocycles. The molecular weight excluding hydrogens is 290 g/mol. The largest absolute Gasteiger partial charge is 0.316 e. The normalized spacial score (nSPS) is 23.4. The van der Waals surface area contributed by atoms with Gasteiger partial charge >= 0.3 is 0 Å². The molecule has 1 N–H and O–H groups in total. The van der Waals surface area contributed by atoms with Crippen molar-refractivity contribution in [2.24, 2.45) is 0 Å². The fourth-order valence-corrected chi connectivity index (χ4v) is 3.09. The first-order valence-electron chi connectivity index (χ1n) is 6.19. The van der Waals surface area contributed by atoms with Crippen molar-refractivity contribution in [3.8, 4) is 5.69 Å². The minimum atomic E-state index is 0.172. The van der Waals surface area contributed by atoms with Crippen LogP contribution in [-0.2, 0) is 5.41 Å². The molecule has 1 aromatic heterocycles. The fourth-order valence-electron chi connectivity index (χ4n) is 2.62. The van der Waals surface area contributed by atoms with Crippen molar-refractivity contribution in [3.05, 3.63) is 47.0 Å². The molecular formula is C14H16BrN3. The molecule has 94 valence electrons. The molecule has 1 saturated heterocycles. The number of para-hydroxylation sites is 1. The van der Waals surface area contributed by atoms with E-state index in [4.69, 9.17) is 0 Å². The van der Waals surface area contributed by atoms with Crippen LogP contribution in [0.25, 0.3) is 5.69 Å². The van der Waals surface area contributed by atoms with E-state index in [2.05, 4.69) is 55.9 Å². The van der Waals surface area contributed by atoms with Crippen LogP contribution in [0.4, 0.5) is 0 Å². The Morgan fingerprint density at radius 3 is 2.94 bits per heavy atom. The Kier molecular flexibility index (Phi) is 2.99. The number of benzene rings is 1. The van der Waals surface area contributed by atoms with Gasteiger partial charge in [-0.3, -0.25) is 0 Å². The van der Waals surface area contributed by atoms with Gasteiger partial charge in [0.15, 0.2) is 0 Å². The van der Waals surface area contributed by atoms with Gasteiger partial charge in [-0.15, -0.1) is 0 Å². The highest BCUT2D eigenvalue weighted by Crippen LogP contribution is 2.32. The van der Waals surface area contributed by atoms with Gasteiger partial charge in [0, 0.05) is 28.3 Å². The third-order valence-corrected chi connectivity index (χ3v) is 4.41. The summed E-state index contributed by atoms with van der Waals surface area (Å²) in [6, 6.07) is 8.26. The quantitative estimate of drug-likeness (QED) is 0.924. The summed E-state index contributed by atoms with van der Waals surface area (Å²) in [5, 5.41) is 3.44. The monoisotopic (exact) mass is 305 g/mol.